The minimum absolute atomic E-state index is 0.120. The summed E-state index contributed by atoms with van der Waals surface area (Å²) in [6.07, 6.45) is 0.985. The molecule has 0 unspecified atom stereocenters. The highest BCUT2D eigenvalue weighted by atomic mass is 16.5. The van der Waals surface area contributed by atoms with Crippen LogP contribution in [0.15, 0.2) is 30.3 Å². The lowest BCUT2D eigenvalue weighted by Gasteiger charge is -2.08. The molecule has 7 heteroatoms. The number of aromatic nitrogens is 2. The second-order valence-electron chi connectivity index (χ2n) is 5.63. The van der Waals surface area contributed by atoms with E-state index in [2.05, 4.69) is 25.3 Å². The van der Waals surface area contributed by atoms with E-state index in [9.17, 15) is 9.59 Å². The van der Waals surface area contributed by atoms with E-state index in [0.717, 1.165) is 11.4 Å². The Kier molecular flexibility index (Phi) is 6.45. The average molecular weight is 342 g/mol. The van der Waals surface area contributed by atoms with Crippen LogP contribution >= 0.6 is 0 Å². The van der Waals surface area contributed by atoms with Crippen LogP contribution < -0.4 is 10.6 Å². The Hall–Kier alpha value is -2.96. The first kappa shape index (κ1) is 18.4. The predicted octanol–water partition coefficient (Wildman–Crippen LogP) is 2.71. The van der Waals surface area contributed by atoms with E-state index in [-0.39, 0.29) is 5.91 Å². The number of carbonyl (C=O) groups excluding carboxylic acids is 2. The van der Waals surface area contributed by atoms with Gasteiger partial charge in [0.1, 0.15) is 0 Å². The topological polar surface area (TPSA) is 93.2 Å². The lowest BCUT2D eigenvalue weighted by Crippen LogP contribution is -2.14. The van der Waals surface area contributed by atoms with Crippen molar-refractivity contribution in [2.24, 2.45) is 0 Å². The van der Waals surface area contributed by atoms with E-state index >= 15 is 0 Å². The fourth-order valence-electron chi connectivity index (χ4n) is 2.32. The van der Waals surface area contributed by atoms with Crippen molar-refractivity contribution in [2.75, 3.05) is 24.3 Å². The van der Waals surface area contributed by atoms with E-state index < -0.39 is 5.97 Å². The molecule has 1 aromatic heterocycles. The molecule has 0 saturated heterocycles. The quantitative estimate of drug-likeness (QED) is 0.593. The first-order chi connectivity index (χ1) is 12.0. The molecule has 2 rings (SSSR count). The van der Waals surface area contributed by atoms with Gasteiger partial charge in [-0.3, -0.25) is 4.79 Å². The van der Waals surface area contributed by atoms with E-state index in [0.29, 0.717) is 36.6 Å². The summed E-state index contributed by atoms with van der Waals surface area (Å²) in [6, 6.07) is 8.55. The summed E-state index contributed by atoms with van der Waals surface area (Å²) < 4.78 is 4.66. The summed E-state index contributed by atoms with van der Waals surface area (Å²) in [5.41, 5.74) is 2.77. The molecule has 1 amide bonds. The number of hydrogen-bond donors (Lipinski definition) is 2. The third kappa shape index (κ3) is 5.87. The van der Waals surface area contributed by atoms with Gasteiger partial charge in [0, 0.05) is 30.0 Å². The van der Waals surface area contributed by atoms with E-state index in [1.165, 1.54) is 7.11 Å². The molecule has 1 aromatic carbocycles. The molecule has 0 spiro atoms. The summed E-state index contributed by atoms with van der Waals surface area (Å²) in [6.45, 7) is 4.42. The third-order valence-electron chi connectivity index (χ3n) is 3.41. The first-order valence-corrected chi connectivity index (χ1v) is 8.02. The maximum Gasteiger partial charge on any atom is 0.337 e. The Balaban J connectivity index is 1.78. The zero-order valence-corrected chi connectivity index (χ0v) is 14.6. The molecule has 25 heavy (non-hydrogen) atoms. The lowest BCUT2D eigenvalue weighted by molar-refractivity contribution is -0.116. The normalized spacial score (nSPS) is 10.2. The van der Waals surface area contributed by atoms with Crippen molar-refractivity contribution in [2.45, 2.75) is 26.7 Å². The molecule has 0 atom stereocenters. The molecule has 0 aliphatic heterocycles. The van der Waals surface area contributed by atoms with Crippen LogP contribution in [-0.4, -0.2) is 35.5 Å². The van der Waals surface area contributed by atoms with Crippen LogP contribution in [0.4, 0.5) is 11.6 Å². The highest BCUT2D eigenvalue weighted by molar-refractivity contribution is 5.94. The standard InChI is InChI=1S/C18H22N4O3/c1-12-10-13(2)21-18(20-12)19-9-5-8-16(23)22-15-7-4-6-14(11-15)17(24)25-3/h4,6-7,10-11H,5,8-9H2,1-3H3,(H,22,23)(H,19,20,21). The third-order valence-corrected chi connectivity index (χ3v) is 3.41. The Bertz CT molecular complexity index is 741. The van der Waals surface area contributed by atoms with Crippen molar-refractivity contribution in [3.05, 3.63) is 47.3 Å². The van der Waals surface area contributed by atoms with E-state index in [1.807, 2.05) is 19.9 Å². The van der Waals surface area contributed by atoms with Gasteiger partial charge < -0.3 is 15.4 Å². The van der Waals surface area contributed by atoms with Gasteiger partial charge in [0.25, 0.3) is 0 Å². The van der Waals surface area contributed by atoms with Crippen molar-refractivity contribution in [1.29, 1.82) is 0 Å². The number of benzene rings is 1. The van der Waals surface area contributed by atoms with Crippen LogP contribution in [0.3, 0.4) is 0 Å². The second-order valence-corrected chi connectivity index (χ2v) is 5.63. The van der Waals surface area contributed by atoms with Crippen LogP contribution in [-0.2, 0) is 9.53 Å². The molecule has 0 aliphatic rings. The van der Waals surface area contributed by atoms with Crippen LogP contribution in [0.25, 0.3) is 0 Å². The van der Waals surface area contributed by atoms with Crippen LogP contribution in [0.5, 0.6) is 0 Å². The zero-order valence-electron chi connectivity index (χ0n) is 14.6. The van der Waals surface area contributed by atoms with E-state index in [1.54, 1.807) is 24.3 Å². The number of amides is 1. The molecule has 0 bridgehead atoms. The molecule has 7 nitrogen and oxygen atoms in total. The maximum absolute atomic E-state index is 12.0. The number of nitrogens with zero attached hydrogens (tertiary/aromatic N) is 2. The predicted molar refractivity (Wildman–Crippen MR) is 95.6 cm³/mol. The van der Waals surface area contributed by atoms with Crippen LogP contribution in [0.2, 0.25) is 0 Å². The van der Waals surface area contributed by atoms with Gasteiger partial charge in [-0.15, -0.1) is 0 Å². The largest absolute Gasteiger partial charge is 0.465 e. The highest BCUT2D eigenvalue weighted by Gasteiger charge is 2.08. The molecule has 0 saturated carbocycles. The number of esters is 1. The smallest absolute Gasteiger partial charge is 0.337 e. The van der Waals surface area contributed by atoms with Gasteiger partial charge >= 0.3 is 5.97 Å². The first-order valence-electron chi connectivity index (χ1n) is 8.02. The fraction of sp³-hybridized carbons (Fsp3) is 0.333. The molecular weight excluding hydrogens is 320 g/mol. The van der Waals surface area contributed by atoms with Gasteiger partial charge in [-0.25, -0.2) is 14.8 Å². The van der Waals surface area contributed by atoms with Gasteiger partial charge in [-0.2, -0.15) is 0 Å². The number of nitrogens with one attached hydrogen (secondary N) is 2. The van der Waals surface area contributed by atoms with Gasteiger partial charge in [0.2, 0.25) is 11.9 Å². The average Bonchev–Trinajstić information content (AvgIpc) is 2.57. The number of anilines is 2. The molecular formula is C18H22N4O3. The molecule has 0 aliphatic carbocycles. The number of rotatable bonds is 7. The molecule has 0 fully saturated rings. The number of hydrogen-bond acceptors (Lipinski definition) is 6. The van der Waals surface area contributed by atoms with Crippen molar-refractivity contribution in [1.82, 2.24) is 9.97 Å². The number of ether oxygens (including phenoxy) is 1. The van der Waals surface area contributed by atoms with E-state index in [4.69, 9.17) is 0 Å². The lowest BCUT2D eigenvalue weighted by atomic mass is 10.2. The van der Waals surface area contributed by atoms with Crippen molar-refractivity contribution < 1.29 is 14.3 Å². The Morgan fingerprint density at radius 1 is 1.12 bits per heavy atom. The Morgan fingerprint density at radius 2 is 1.84 bits per heavy atom. The summed E-state index contributed by atoms with van der Waals surface area (Å²) in [7, 11) is 1.32. The highest BCUT2D eigenvalue weighted by Crippen LogP contribution is 2.12. The molecule has 0 radical (unpaired) electrons. The fourth-order valence-corrected chi connectivity index (χ4v) is 2.32. The van der Waals surface area contributed by atoms with Gasteiger partial charge in [0.05, 0.1) is 12.7 Å². The van der Waals surface area contributed by atoms with Gasteiger partial charge in [-0.1, -0.05) is 6.07 Å². The molecule has 132 valence electrons. The molecule has 2 aromatic rings. The van der Waals surface area contributed by atoms with Crippen LogP contribution in [0.1, 0.15) is 34.6 Å². The minimum atomic E-state index is -0.436. The van der Waals surface area contributed by atoms with Gasteiger partial charge in [-0.05, 0) is 44.5 Å². The number of aryl methyl sites for hydroxylation is 2. The molecule has 1 heterocycles. The van der Waals surface area contributed by atoms with Crippen molar-refractivity contribution >= 4 is 23.5 Å². The Morgan fingerprint density at radius 3 is 2.52 bits per heavy atom. The summed E-state index contributed by atoms with van der Waals surface area (Å²) in [5.74, 6) is 0.0163. The van der Waals surface area contributed by atoms with Crippen molar-refractivity contribution in [3.63, 3.8) is 0 Å². The van der Waals surface area contributed by atoms with Crippen molar-refractivity contribution in [3.8, 4) is 0 Å². The summed E-state index contributed by atoms with van der Waals surface area (Å²) >= 11 is 0. The number of carbonyl (C=O) groups is 2. The number of methoxy groups -OCH3 is 1. The van der Waals surface area contributed by atoms with Gasteiger partial charge in [0.15, 0.2) is 0 Å². The SMILES string of the molecule is COC(=O)c1cccc(NC(=O)CCCNc2nc(C)cc(C)n2)c1. The second kappa shape index (κ2) is 8.77. The zero-order chi connectivity index (χ0) is 18.2. The van der Waals surface area contributed by atoms with Crippen LogP contribution in [0, 0.1) is 13.8 Å². The maximum atomic E-state index is 12.0. The summed E-state index contributed by atoms with van der Waals surface area (Å²) in [5, 5.41) is 5.89. The minimum Gasteiger partial charge on any atom is -0.465 e. The monoisotopic (exact) mass is 342 g/mol. The summed E-state index contributed by atoms with van der Waals surface area (Å²) in [4.78, 5) is 32.1. The molecule has 2 N–H and O–H groups in total. The Labute approximate surface area is 146 Å².